The second-order valence-corrected chi connectivity index (χ2v) is 5.16. The van der Waals surface area contributed by atoms with E-state index in [0.29, 0.717) is 18.8 Å². The van der Waals surface area contributed by atoms with E-state index in [2.05, 4.69) is 15.9 Å². The van der Waals surface area contributed by atoms with Gasteiger partial charge in [0.2, 0.25) is 5.91 Å². The van der Waals surface area contributed by atoms with Crippen LogP contribution in [0.3, 0.4) is 0 Å². The van der Waals surface area contributed by atoms with Gasteiger partial charge in [-0.25, -0.2) is 0 Å². The molecule has 0 bridgehead atoms. The molecule has 0 saturated heterocycles. The van der Waals surface area contributed by atoms with Crippen molar-refractivity contribution in [2.75, 3.05) is 20.7 Å². The molecule has 0 aliphatic carbocycles. The lowest BCUT2D eigenvalue weighted by Crippen LogP contribution is -2.23. The van der Waals surface area contributed by atoms with Crippen LogP contribution in [0.15, 0.2) is 22.7 Å². The summed E-state index contributed by atoms with van der Waals surface area (Å²) in [4.78, 5) is 12.9. The van der Waals surface area contributed by atoms with Gasteiger partial charge in [-0.1, -0.05) is 22.0 Å². The van der Waals surface area contributed by atoms with Crippen LogP contribution >= 0.6 is 15.9 Å². The number of amides is 1. The fourth-order valence-electron chi connectivity index (χ4n) is 1.45. The summed E-state index contributed by atoms with van der Waals surface area (Å²) in [6, 6.07) is 5.44. The molecular weight excluding hydrogens is 298 g/mol. The number of aliphatic hydroxyl groups is 1. The number of hydrogen-bond donors (Lipinski definition) is 1. The average molecular weight is 316 g/mol. The smallest absolute Gasteiger partial charge is 0.225 e. The van der Waals surface area contributed by atoms with Gasteiger partial charge in [-0.15, -0.1) is 0 Å². The van der Waals surface area contributed by atoms with E-state index in [9.17, 15) is 9.90 Å². The van der Waals surface area contributed by atoms with Crippen LogP contribution in [-0.4, -0.2) is 36.6 Å². The zero-order valence-corrected chi connectivity index (χ0v) is 12.4. The van der Waals surface area contributed by atoms with Gasteiger partial charge >= 0.3 is 0 Å². The second kappa shape index (κ2) is 6.75. The Morgan fingerprint density at radius 3 is 2.72 bits per heavy atom. The average Bonchev–Trinajstić information content (AvgIpc) is 2.28. The topological polar surface area (TPSA) is 49.8 Å². The zero-order valence-electron chi connectivity index (χ0n) is 10.8. The molecule has 0 aromatic heterocycles. The molecule has 0 heterocycles. The number of rotatable bonds is 5. The van der Waals surface area contributed by atoms with Crippen molar-refractivity contribution in [1.29, 1.82) is 0 Å². The van der Waals surface area contributed by atoms with Crippen molar-refractivity contribution in [2.24, 2.45) is 0 Å². The maximum Gasteiger partial charge on any atom is 0.225 e. The molecule has 1 amide bonds. The third-order valence-electron chi connectivity index (χ3n) is 2.50. The number of benzene rings is 1. The van der Waals surface area contributed by atoms with Gasteiger partial charge in [0.05, 0.1) is 19.1 Å². The summed E-state index contributed by atoms with van der Waals surface area (Å²) in [5.74, 6) is 0.620. The molecule has 0 saturated carbocycles. The lowest BCUT2D eigenvalue weighted by atomic mass is 10.1. The van der Waals surface area contributed by atoms with Crippen molar-refractivity contribution in [3.8, 4) is 5.75 Å². The Bertz CT molecular complexity index is 419. The summed E-state index contributed by atoms with van der Waals surface area (Å²) >= 11 is 3.35. The minimum Gasteiger partial charge on any atom is -0.493 e. The standard InChI is InChI=1S/C13H18BrNO3/c1-9(16)11-5-4-10(14)8-12(11)18-7-6-13(17)15(2)3/h4-5,8-9,16H,6-7H2,1-3H3. The lowest BCUT2D eigenvalue weighted by Gasteiger charge is -2.15. The summed E-state index contributed by atoms with van der Waals surface area (Å²) in [5, 5.41) is 9.62. The number of aliphatic hydroxyl groups excluding tert-OH is 1. The number of halogens is 1. The van der Waals surface area contributed by atoms with Gasteiger partial charge in [0.25, 0.3) is 0 Å². The van der Waals surface area contributed by atoms with Crippen molar-refractivity contribution in [3.63, 3.8) is 0 Å². The number of hydrogen-bond acceptors (Lipinski definition) is 3. The first-order chi connectivity index (χ1) is 8.41. The molecule has 0 aliphatic rings. The summed E-state index contributed by atoms with van der Waals surface area (Å²) < 4.78 is 6.44. The Balaban J connectivity index is 2.66. The molecule has 4 nitrogen and oxygen atoms in total. The Morgan fingerprint density at radius 2 is 2.17 bits per heavy atom. The number of carbonyl (C=O) groups is 1. The summed E-state index contributed by atoms with van der Waals surface area (Å²) in [5.41, 5.74) is 0.718. The first-order valence-electron chi connectivity index (χ1n) is 5.72. The Morgan fingerprint density at radius 1 is 1.50 bits per heavy atom. The van der Waals surface area contributed by atoms with Crippen LogP contribution in [0.25, 0.3) is 0 Å². The quantitative estimate of drug-likeness (QED) is 0.907. The predicted molar refractivity (Wildman–Crippen MR) is 73.6 cm³/mol. The van der Waals surface area contributed by atoms with Crippen LogP contribution in [0.4, 0.5) is 0 Å². The van der Waals surface area contributed by atoms with E-state index in [1.54, 1.807) is 33.2 Å². The predicted octanol–water partition coefficient (Wildman–Crippen LogP) is 2.36. The molecule has 1 aromatic rings. The van der Waals surface area contributed by atoms with Crippen LogP contribution in [0.2, 0.25) is 0 Å². The molecule has 1 unspecified atom stereocenters. The van der Waals surface area contributed by atoms with Gasteiger partial charge < -0.3 is 14.7 Å². The van der Waals surface area contributed by atoms with Crippen molar-refractivity contribution >= 4 is 21.8 Å². The highest BCUT2D eigenvalue weighted by Crippen LogP contribution is 2.28. The molecule has 1 N–H and O–H groups in total. The number of nitrogens with zero attached hydrogens (tertiary/aromatic N) is 1. The largest absolute Gasteiger partial charge is 0.493 e. The first-order valence-corrected chi connectivity index (χ1v) is 6.51. The highest BCUT2D eigenvalue weighted by Gasteiger charge is 2.11. The van der Waals surface area contributed by atoms with Gasteiger partial charge in [-0.05, 0) is 19.1 Å². The van der Waals surface area contributed by atoms with E-state index < -0.39 is 6.10 Å². The van der Waals surface area contributed by atoms with E-state index >= 15 is 0 Å². The normalized spacial score (nSPS) is 12.1. The van der Waals surface area contributed by atoms with E-state index in [-0.39, 0.29) is 5.91 Å². The summed E-state index contributed by atoms with van der Waals surface area (Å²) in [6.07, 6.45) is -0.281. The van der Waals surface area contributed by atoms with Crippen molar-refractivity contribution in [1.82, 2.24) is 4.90 Å². The second-order valence-electron chi connectivity index (χ2n) is 4.24. The van der Waals surface area contributed by atoms with Crippen molar-refractivity contribution < 1.29 is 14.6 Å². The first kappa shape index (κ1) is 15.0. The van der Waals surface area contributed by atoms with Crippen LogP contribution in [0.1, 0.15) is 25.0 Å². The molecule has 18 heavy (non-hydrogen) atoms. The molecule has 5 heteroatoms. The summed E-state index contributed by atoms with van der Waals surface area (Å²) in [7, 11) is 3.42. The Kier molecular flexibility index (Phi) is 5.62. The minimum atomic E-state index is -0.599. The Hall–Kier alpha value is -1.07. The van der Waals surface area contributed by atoms with E-state index in [4.69, 9.17) is 4.74 Å². The fourth-order valence-corrected chi connectivity index (χ4v) is 1.79. The maximum atomic E-state index is 11.4. The Labute approximate surface area is 116 Å². The third-order valence-corrected chi connectivity index (χ3v) is 2.99. The highest BCUT2D eigenvalue weighted by molar-refractivity contribution is 9.10. The molecule has 0 spiro atoms. The van der Waals surface area contributed by atoms with E-state index in [1.165, 1.54) is 4.90 Å². The van der Waals surface area contributed by atoms with E-state index in [1.807, 2.05) is 6.07 Å². The number of ether oxygens (including phenoxy) is 1. The maximum absolute atomic E-state index is 11.4. The summed E-state index contributed by atoms with van der Waals surface area (Å²) in [6.45, 7) is 1.98. The molecule has 0 radical (unpaired) electrons. The van der Waals surface area contributed by atoms with Crippen LogP contribution in [-0.2, 0) is 4.79 Å². The fraction of sp³-hybridized carbons (Fsp3) is 0.462. The van der Waals surface area contributed by atoms with Gasteiger partial charge in [-0.3, -0.25) is 4.79 Å². The SMILES string of the molecule is CC(O)c1ccc(Br)cc1OCCC(=O)N(C)C. The van der Waals surface area contributed by atoms with Gasteiger partial charge in [0, 0.05) is 24.1 Å². The van der Waals surface area contributed by atoms with Crippen LogP contribution in [0, 0.1) is 0 Å². The van der Waals surface area contributed by atoms with Gasteiger partial charge in [-0.2, -0.15) is 0 Å². The molecular formula is C13H18BrNO3. The molecule has 1 rings (SSSR count). The highest BCUT2D eigenvalue weighted by atomic mass is 79.9. The molecule has 0 aliphatic heterocycles. The van der Waals surface area contributed by atoms with Gasteiger partial charge in [0.1, 0.15) is 5.75 Å². The number of carbonyl (C=O) groups excluding carboxylic acids is 1. The third kappa shape index (κ3) is 4.31. The van der Waals surface area contributed by atoms with Gasteiger partial charge in [0.15, 0.2) is 0 Å². The molecule has 100 valence electrons. The van der Waals surface area contributed by atoms with Crippen LogP contribution in [0.5, 0.6) is 5.75 Å². The lowest BCUT2D eigenvalue weighted by molar-refractivity contribution is -0.129. The van der Waals surface area contributed by atoms with Crippen LogP contribution < -0.4 is 4.74 Å². The monoisotopic (exact) mass is 315 g/mol. The van der Waals surface area contributed by atoms with E-state index in [0.717, 1.165) is 10.0 Å². The van der Waals surface area contributed by atoms with Crippen molar-refractivity contribution in [3.05, 3.63) is 28.2 Å². The minimum absolute atomic E-state index is 0.0172. The molecule has 0 fully saturated rings. The molecule has 1 aromatic carbocycles. The van der Waals surface area contributed by atoms with Crippen molar-refractivity contribution in [2.45, 2.75) is 19.4 Å². The zero-order chi connectivity index (χ0) is 13.7. The molecule has 1 atom stereocenters.